The van der Waals surface area contributed by atoms with Gasteiger partial charge in [-0.2, -0.15) is 13.2 Å². The zero-order valence-corrected chi connectivity index (χ0v) is 19.2. The maximum Gasteiger partial charge on any atom is 0.416 e. The summed E-state index contributed by atoms with van der Waals surface area (Å²) in [5, 5.41) is 2.02. The van der Waals surface area contributed by atoms with Crippen molar-refractivity contribution in [2.45, 2.75) is 24.0 Å². The second-order valence-corrected chi connectivity index (χ2v) is 10.9. The topological polar surface area (TPSA) is 88.2 Å². The Morgan fingerprint density at radius 3 is 2.76 bits per heavy atom. The van der Waals surface area contributed by atoms with Gasteiger partial charge in [-0.1, -0.05) is 0 Å². The summed E-state index contributed by atoms with van der Waals surface area (Å²) in [5.41, 5.74) is -0.164. The smallest absolute Gasteiger partial charge is 0.377 e. The van der Waals surface area contributed by atoms with E-state index in [0.717, 1.165) is 18.4 Å². The molecule has 0 aliphatic carbocycles. The van der Waals surface area contributed by atoms with Crippen molar-refractivity contribution in [1.82, 2.24) is 15.0 Å². The highest BCUT2D eigenvalue weighted by atomic mass is 32.2. The molecule has 33 heavy (non-hydrogen) atoms. The molecule has 1 atom stereocenters. The first-order valence-electron chi connectivity index (χ1n) is 10.1. The molecule has 4 heterocycles. The highest BCUT2D eigenvalue weighted by molar-refractivity contribution is 7.91. The van der Waals surface area contributed by atoms with Gasteiger partial charge in [-0.3, -0.25) is 0 Å². The number of thiophene rings is 1. The lowest BCUT2D eigenvalue weighted by Gasteiger charge is -2.34. The van der Waals surface area contributed by atoms with E-state index >= 15 is 0 Å². The molecule has 0 radical (unpaired) electrons. The molecule has 1 N–H and O–H groups in total. The number of halogens is 3. The molecular formula is C21H19F3N4O3S2. The normalized spacial score (nSPS) is 17.8. The van der Waals surface area contributed by atoms with Gasteiger partial charge in [0, 0.05) is 40.8 Å². The van der Waals surface area contributed by atoms with Crippen molar-refractivity contribution in [3.8, 4) is 11.4 Å². The summed E-state index contributed by atoms with van der Waals surface area (Å²) in [7, 11) is -3.62. The van der Waals surface area contributed by atoms with Gasteiger partial charge in [0.05, 0.1) is 29.5 Å². The summed E-state index contributed by atoms with van der Waals surface area (Å²) in [6, 6.07) is 3.65. The Kier molecular flexibility index (Phi) is 5.14. The lowest BCUT2D eigenvalue weighted by molar-refractivity contribution is -0.137. The average molecular weight is 497 g/mol. The fraction of sp³-hybridized carbons (Fsp3) is 0.333. The van der Waals surface area contributed by atoms with E-state index in [1.165, 1.54) is 16.7 Å². The Morgan fingerprint density at radius 1 is 1.27 bits per heavy atom. The van der Waals surface area contributed by atoms with Crippen LogP contribution in [0.1, 0.15) is 12.5 Å². The molecule has 0 saturated carbocycles. The number of anilines is 1. The van der Waals surface area contributed by atoms with Crippen molar-refractivity contribution in [3.05, 3.63) is 35.3 Å². The van der Waals surface area contributed by atoms with E-state index in [2.05, 4.69) is 15.0 Å². The second-order valence-electron chi connectivity index (χ2n) is 8.00. The van der Waals surface area contributed by atoms with Crippen LogP contribution in [0.5, 0.6) is 0 Å². The Morgan fingerprint density at radius 2 is 2.06 bits per heavy atom. The van der Waals surface area contributed by atoms with Crippen LogP contribution in [0.3, 0.4) is 0 Å². The number of benzene rings is 1. The first-order chi connectivity index (χ1) is 15.5. The third-order valence-electron chi connectivity index (χ3n) is 5.64. The number of H-pyrrole nitrogens is 1. The summed E-state index contributed by atoms with van der Waals surface area (Å²) in [6.45, 7) is 3.38. The molecule has 4 aromatic rings. The quantitative estimate of drug-likeness (QED) is 0.450. The number of fused-ring (bicyclic) bond motifs is 2. The molecule has 1 aromatic carbocycles. The van der Waals surface area contributed by atoms with Gasteiger partial charge < -0.3 is 14.6 Å². The molecule has 0 bridgehead atoms. The Bertz CT molecular complexity index is 1480. The summed E-state index contributed by atoms with van der Waals surface area (Å²) in [6.07, 6.45) is -1.94. The van der Waals surface area contributed by atoms with Gasteiger partial charge >= 0.3 is 6.18 Å². The number of ether oxygens (including phenoxy) is 1. The predicted molar refractivity (Wildman–Crippen MR) is 120 cm³/mol. The van der Waals surface area contributed by atoms with E-state index in [1.54, 1.807) is 12.3 Å². The standard InChI is InChI=1S/C21H19F3N4O3S2/c1-11-9-31-6-5-28(11)20-18-17(16(10-32-18)33(2,29)30)26-19(27-20)14-7-12(21(22,23)24)8-15-13(14)3-4-25-15/h3-4,7-8,10-11,25H,5-6,9H2,1-2H3/t11-/m1/s1. The third-order valence-corrected chi connectivity index (χ3v) is 7.87. The number of rotatable bonds is 3. The molecule has 174 valence electrons. The number of hydrogen-bond donors (Lipinski definition) is 1. The van der Waals surface area contributed by atoms with E-state index in [-0.39, 0.29) is 27.8 Å². The number of morpholine rings is 1. The van der Waals surface area contributed by atoms with E-state index in [9.17, 15) is 21.6 Å². The molecule has 5 rings (SSSR count). The lowest BCUT2D eigenvalue weighted by Crippen LogP contribution is -2.44. The largest absolute Gasteiger partial charge is 0.416 e. The number of nitrogens with zero attached hydrogens (tertiary/aromatic N) is 3. The Labute approximate surface area is 191 Å². The molecule has 1 fully saturated rings. The number of aromatic nitrogens is 3. The van der Waals surface area contributed by atoms with Crippen LogP contribution in [0, 0.1) is 0 Å². The molecule has 1 aliphatic rings. The molecule has 3 aromatic heterocycles. The van der Waals surface area contributed by atoms with Crippen LogP contribution < -0.4 is 4.90 Å². The first kappa shape index (κ1) is 22.1. The minimum Gasteiger partial charge on any atom is -0.377 e. The lowest BCUT2D eigenvalue weighted by atomic mass is 10.0. The number of aromatic amines is 1. The summed E-state index contributed by atoms with van der Waals surface area (Å²) >= 11 is 1.21. The maximum atomic E-state index is 13.6. The molecule has 12 heteroatoms. The fourth-order valence-corrected chi connectivity index (χ4v) is 6.30. The van der Waals surface area contributed by atoms with Gasteiger partial charge in [-0.15, -0.1) is 11.3 Å². The fourth-order valence-electron chi connectivity index (χ4n) is 4.02. The minimum absolute atomic E-state index is 0.0330. The highest BCUT2D eigenvalue weighted by Crippen LogP contribution is 2.40. The van der Waals surface area contributed by atoms with Crippen LogP contribution in [0.25, 0.3) is 32.5 Å². The van der Waals surface area contributed by atoms with E-state index < -0.39 is 21.6 Å². The monoisotopic (exact) mass is 496 g/mol. The van der Waals surface area contributed by atoms with Gasteiger partial charge in [-0.25, -0.2) is 18.4 Å². The Hall–Kier alpha value is -2.70. The average Bonchev–Trinajstić information content (AvgIpc) is 3.38. The first-order valence-corrected chi connectivity index (χ1v) is 12.8. The summed E-state index contributed by atoms with van der Waals surface area (Å²) in [5.74, 6) is 0.530. The van der Waals surface area contributed by atoms with Gasteiger partial charge in [0.25, 0.3) is 0 Å². The number of nitrogens with one attached hydrogen (secondary N) is 1. The number of alkyl halides is 3. The van der Waals surface area contributed by atoms with Crippen LogP contribution >= 0.6 is 11.3 Å². The molecule has 0 amide bonds. The van der Waals surface area contributed by atoms with Crippen LogP contribution in [-0.4, -0.2) is 55.4 Å². The SMILES string of the molecule is C[C@@H]1COCCN1c1nc(-c2cc(C(F)(F)F)cc3[nH]ccc23)nc2c(S(C)(=O)=O)csc12. The molecule has 0 unspecified atom stereocenters. The molecular weight excluding hydrogens is 477 g/mol. The van der Waals surface area contributed by atoms with E-state index in [4.69, 9.17) is 4.74 Å². The van der Waals surface area contributed by atoms with Crippen LogP contribution in [0.2, 0.25) is 0 Å². The van der Waals surface area contributed by atoms with Crippen molar-refractivity contribution in [2.75, 3.05) is 30.9 Å². The minimum atomic E-state index is -4.57. The van der Waals surface area contributed by atoms with Crippen LogP contribution in [-0.2, 0) is 20.8 Å². The van der Waals surface area contributed by atoms with Gasteiger partial charge in [0.1, 0.15) is 10.4 Å². The summed E-state index contributed by atoms with van der Waals surface area (Å²) < 4.78 is 71.8. The predicted octanol–water partition coefficient (Wildman–Crippen LogP) is 4.49. The maximum absolute atomic E-state index is 13.6. The molecule has 0 spiro atoms. The zero-order valence-electron chi connectivity index (χ0n) is 17.6. The summed E-state index contributed by atoms with van der Waals surface area (Å²) in [4.78, 5) is 14.0. The van der Waals surface area contributed by atoms with Crippen LogP contribution in [0.15, 0.2) is 34.7 Å². The van der Waals surface area contributed by atoms with E-state index in [0.29, 0.717) is 41.2 Å². The van der Waals surface area contributed by atoms with Gasteiger partial charge in [-0.05, 0) is 25.1 Å². The zero-order chi connectivity index (χ0) is 23.5. The second kappa shape index (κ2) is 7.67. The van der Waals surface area contributed by atoms with Crippen molar-refractivity contribution in [1.29, 1.82) is 0 Å². The van der Waals surface area contributed by atoms with Crippen LogP contribution in [0.4, 0.5) is 19.0 Å². The third kappa shape index (κ3) is 3.85. The molecule has 1 aliphatic heterocycles. The van der Waals surface area contributed by atoms with Crippen molar-refractivity contribution in [3.63, 3.8) is 0 Å². The van der Waals surface area contributed by atoms with Gasteiger partial charge in [0.15, 0.2) is 21.5 Å². The molecule has 7 nitrogen and oxygen atoms in total. The number of hydrogen-bond acceptors (Lipinski definition) is 7. The van der Waals surface area contributed by atoms with Crippen molar-refractivity contribution in [2.24, 2.45) is 0 Å². The van der Waals surface area contributed by atoms with Crippen molar-refractivity contribution >= 4 is 48.1 Å². The highest BCUT2D eigenvalue weighted by Gasteiger charge is 2.33. The van der Waals surface area contributed by atoms with Gasteiger partial charge in [0.2, 0.25) is 0 Å². The Balaban J connectivity index is 1.84. The van der Waals surface area contributed by atoms with Crippen molar-refractivity contribution < 1.29 is 26.3 Å². The number of sulfone groups is 1. The van der Waals surface area contributed by atoms with E-state index in [1.807, 2.05) is 11.8 Å². The molecule has 1 saturated heterocycles.